The van der Waals surface area contributed by atoms with Crippen molar-refractivity contribution in [2.24, 2.45) is 0 Å². The second-order valence-electron chi connectivity index (χ2n) is 26.4. The molecule has 0 amide bonds. The molecule has 0 N–H and O–H groups in total. The first kappa shape index (κ1) is 79.6. The maximum absolute atomic E-state index is 9.54. The predicted molar refractivity (Wildman–Crippen MR) is 431 cm³/mol. The third-order valence-corrected chi connectivity index (χ3v) is 17.8. The molecule has 0 saturated heterocycles. The lowest BCUT2D eigenvalue weighted by Gasteiger charge is -2.16. The van der Waals surface area contributed by atoms with E-state index in [0.29, 0.717) is 56.3 Å². The smallest absolute Gasteiger partial charge is 0.127 e. The molecule has 9 nitrogen and oxygen atoms in total. The fraction of sp³-hybridized carbons (Fsp3) is 0.387. The molecule has 0 radical (unpaired) electrons. The molecule has 0 spiro atoms. The van der Waals surface area contributed by atoms with Gasteiger partial charge >= 0.3 is 0 Å². The van der Waals surface area contributed by atoms with Crippen LogP contribution in [0.1, 0.15) is 279 Å². The summed E-state index contributed by atoms with van der Waals surface area (Å²) in [6, 6.07) is 49.1. The first-order valence-corrected chi connectivity index (χ1v) is 38.2. The molecule has 7 rings (SSSR count). The van der Waals surface area contributed by atoms with Gasteiger partial charge in [0.05, 0.1) is 74.5 Å². The third kappa shape index (κ3) is 28.7. The summed E-state index contributed by atoms with van der Waals surface area (Å²) in [6.45, 7) is 16.9. The van der Waals surface area contributed by atoms with Crippen LogP contribution in [0.15, 0.2) is 127 Å². The van der Waals surface area contributed by atoms with Gasteiger partial charge in [-0.1, -0.05) is 266 Å². The molecule has 534 valence electrons. The van der Waals surface area contributed by atoms with E-state index in [1.54, 1.807) is 0 Å². The summed E-state index contributed by atoms with van der Waals surface area (Å²) in [5, 5.41) is 28.6. The minimum Gasteiger partial charge on any atom is -0.493 e. The lowest BCUT2D eigenvalue weighted by atomic mass is 10.0. The number of hydrogen-bond acceptors (Lipinski definition) is 9. The summed E-state index contributed by atoms with van der Waals surface area (Å²) in [5.74, 6) is 4.67. The number of nitriles is 3. The fourth-order valence-corrected chi connectivity index (χ4v) is 11.7. The van der Waals surface area contributed by atoms with E-state index < -0.39 is 0 Å². The minimum absolute atomic E-state index is 0.584. The minimum atomic E-state index is 0.584. The average Bonchev–Trinajstić information content (AvgIpc) is 0.828. The zero-order valence-electron chi connectivity index (χ0n) is 62.1. The van der Waals surface area contributed by atoms with Gasteiger partial charge in [-0.25, -0.2) is 0 Å². The van der Waals surface area contributed by atoms with Gasteiger partial charge in [0.2, 0.25) is 0 Å². The Labute approximate surface area is 612 Å². The van der Waals surface area contributed by atoms with Crippen molar-refractivity contribution >= 4 is 72.9 Å². The first-order chi connectivity index (χ1) is 50.2. The van der Waals surface area contributed by atoms with Crippen molar-refractivity contribution in [3.05, 3.63) is 211 Å². The lowest BCUT2D eigenvalue weighted by Crippen LogP contribution is -2.03. The molecular weight excluding hydrogens is 1260 g/mol. The molecule has 102 heavy (non-hydrogen) atoms. The molecule has 0 saturated carbocycles. The Balaban J connectivity index is 1.40. The standard InChI is InChI=1S/C93H111N3O6/c1-7-13-19-25-55-97-88-67-85(91(100-58-28-22-16-10-4)64-82(88)49-43-73-31-37-76(70-94)38-32-73)52-46-79-61-80(47-53-86-68-89(98-56-26-20-14-8-2)83(65-92(86)101-59-29-23-17-11-5)50-44-74-33-39-77(71-95)40-34-74)63-81(62-79)48-54-87-69-90(99-57-27-21-15-9-3)84(66-93(87)102-60-30-24-18-12-6)51-45-75-35-41-78(72-96)42-36-75/h31-54,61-69H,7-30,55-60H2,1-6H3/b49-43+,50-44+,51-45+,52-46+,53-47+,54-48+. The van der Waals surface area contributed by atoms with Crippen LogP contribution < -0.4 is 28.4 Å². The molecule has 0 fully saturated rings. The summed E-state index contributed by atoms with van der Waals surface area (Å²) >= 11 is 0. The molecule has 0 aliphatic heterocycles. The monoisotopic (exact) mass is 1370 g/mol. The van der Waals surface area contributed by atoms with Gasteiger partial charge in [-0.15, -0.1) is 0 Å². The van der Waals surface area contributed by atoms with E-state index in [-0.39, 0.29) is 0 Å². The van der Waals surface area contributed by atoms with Gasteiger partial charge in [0.25, 0.3) is 0 Å². The zero-order valence-corrected chi connectivity index (χ0v) is 62.1. The van der Waals surface area contributed by atoms with Crippen molar-refractivity contribution in [3.8, 4) is 52.7 Å². The van der Waals surface area contributed by atoms with Crippen molar-refractivity contribution in [1.29, 1.82) is 15.8 Å². The molecule has 0 bridgehead atoms. The van der Waals surface area contributed by atoms with Gasteiger partial charge in [0.15, 0.2) is 0 Å². The van der Waals surface area contributed by atoms with E-state index in [4.69, 9.17) is 28.4 Å². The maximum atomic E-state index is 9.54. The Morgan fingerprint density at radius 3 is 0.559 bits per heavy atom. The van der Waals surface area contributed by atoms with Gasteiger partial charge in [-0.05, 0) is 163 Å². The Kier molecular flexibility index (Phi) is 37.0. The van der Waals surface area contributed by atoms with Gasteiger partial charge < -0.3 is 28.4 Å². The Morgan fingerprint density at radius 2 is 0.392 bits per heavy atom. The molecule has 0 aliphatic carbocycles. The fourth-order valence-electron chi connectivity index (χ4n) is 11.7. The highest BCUT2D eigenvalue weighted by atomic mass is 16.5. The second kappa shape index (κ2) is 47.4. The van der Waals surface area contributed by atoms with Crippen LogP contribution in [-0.2, 0) is 0 Å². The SMILES string of the molecule is CCCCCCOc1cc(/C=C/c2cc(/C=C/c3cc(OCCCCCC)c(/C=C/c4ccc(C#N)cc4)cc3OCCCCCC)cc(/C=C/c3cc(OCCCCCC)c(/C=C/c4ccc(C#N)cc4)cc3OCCCCCC)c2)c(OCCCCCC)cc1/C=C/c1ccc(C#N)cc1. The van der Waals surface area contributed by atoms with E-state index >= 15 is 0 Å². The molecule has 0 aliphatic rings. The van der Waals surface area contributed by atoms with Gasteiger partial charge in [0, 0.05) is 33.4 Å². The Hall–Kier alpha value is -9.75. The number of rotatable bonds is 48. The highest BCUT2D eigenvalue weighted by Crippen LogP contribution is 2.37. The average molecular weight is 1370 g/mol. The predicted octanol–water partition coefficient (Wildman–Crippen LogP) is 26.1. The number of nitrogens with zero attached hydrogens (tertiary/aromatic N) is 3. The van der Waals surface area contributed by atoms with Crippen molar-refractivity contribution < 1.29 is 28.4 Å². The molecular formula is C93H111N3O6. The number of hydrogen-bond donors (Lipinski definition) is 0. The molecule has 0 atom stereocenters. The number of benzene rings is 7. The first-order valence-electron chi connectivity index (χ1n) is 38.2. The van der Waals surface area contributed by atoms with E-state index in [9.17, 15) is 15.8 Å². The van der Waals surface area contributed by atoms with Crippen LogP contribution in [0, 0.1) is 34.0 Å². The topological polar surface area (TPSA) is 127 Å². The highest BCUT2D eigenvalue weighted by molar-refractivity contribution is 5.85. The molecule has 0 aromatic heterocycles. The largest absolute Gasteiger partial charge is 0.493 e. The molecule has 7 aromatic rings. The maximum Gasteiger partial charge on any atom is 0.127 e. The van der Waals surface area contributed by atoms with E-state index in [0.717, 1.165) is 255 Å². The van der Waals surface area contributed by atoms with Gasteiger partial charge in [0.1, 0.15) is 34.5 Å². The van der Waals surface area contributed by atoms with Crippen LogP contribution in [0.4, 0.5) is 0 Å². The quantitative estimate of drug-likeness (QED) is 0.0271. The van der Waals surface area contributed by atoms with Crippen LogP contribution in [0.5, 0.6) is 34.5 Å². The van der Waals surface area contributed by atoms with E-state index in [1.165, 1.54) is 0 Å². The summed E-state index contributed by atoms with van der Waals surface area (Å²) in [6.07, 6.45) is 51.5. The number of ether oxygens (including phenoxy) is 6. The zero-order chi connectivity index (χ0) is 72.0. The summed E-state index contributed by atoms with van der Waals surface area (Å²) in [5.41, 5.74) is 13.3. The molecule has 0 heterocycles. The Bertz CT molecular complexity index is 3520. The molecule has 0 unspecified atom stereocenters. The lowest BCUT2D eigenvalue weighted by molar-refractivity contribution is 0.296. The normalized spacial score (nSPS) is 11.6. The molecule has 7 aromatic carbocycles. The number of unbranched alkanes of at least 4 members (excludes halogenated alkanes) is 18. The van der Waals surface area contributed by atoms with Crippen LogP contribution in [0.2, 0.25) is 0 Å². The molecule has 9 heteroatoms. The van der Waals surface area contributed by atoms with Gasteiger partial charge in [-0.3, -0.25) is 0 Å². The second-order valence-corrected chi connectivity index (χ2v) is 26.4. The van der Waals surface area contributed by atoms with Crippen molar-refractivity contribution in [1.82, 2.24) is 0 Å². The van der Waals surface area contributed by atoms with E-state index in [1.807, 2.05) is 72.8 Å². The summed E-state index contributed by atoms with van der Waals surface area (Å²) in [7, 11) is 0. The van der Waals surface area contributed by atoms with Crippen LogP contribution in [0.25, 0.3) is 72.9 Å². The van der Waals surface area contributed by atoms with Crippen molar-refractivity contribution in [3.63, 3.8) is 0 Å². The summed E-state index contributed by atoms with van der Waals surface area (Å²) < 4.78 is 40.5. The highest BCUT2D eigenvalue weighted by Gasteiger charge is 2.15. The van der Waals surface area contributed by atoms with Crippen LogP contribution >= 0.6 is 0 Å². The van der Waals surface area contributed by atoms with Crippen LogP contribution in [-0.4, -0.2) is 39.6 Å². The third-order valence-electron chi connectivity index (χ3n) is 17.8. The van der Waals surface area contributed by atoms with Gasteiger partial charge in [-0.2, -0.15) is 15.8 Å². The summed E-state index contributed by atoms with van der Waals surface area (Å²) in [4.78, 5) is 0. The Morgan fingerprint density at radius 1 is 0.216 bits per heavy atom. The van der Waals surface area contributed by atoms with Crippen molar-refractivity contribution in [2.75, 3.05) is 39.6 Å². The van der Waals surface area contributed by atoms with E-state index in [2.05, 4.69) is 187 Å². The van der Waals surface area contributed by atoms with Crippen LogP contribution in [0.3, 0.4) is 0 Å². The van der Waals surface area contributed by atoms with Crippen molar-refractivity contribution in [2.45, 2.75) is 196 Å².